The molecular formula is C16H21FN2O5S. The Morgan fingerprint density at radius 2 is 1.92 bits per heavy atom. The van der Waals surface area contributed by atoms with E-state index in [1.165, 1.54) is 13.2 Å². The van der Waals surface area contributed by atoms with Crippen molar-refractivity contribution in [3.05, 3.63) is 29.6 Å². The van der Waals surface area contributed by atoms with Crippen LogP contribution in [0.3, 0.4) is 0 Å². The maximum atomic E-state index is 13.6. The Morgan fingerprint density at radius 1 is 1.28 bits per heavy atom. The Kier molecular flexibility index (Phi) is 4.99. The van der Waals surface area contributed by atoms with E-state index >= 15 is 0 Å². The van der Waals surface area contributed by atoms with Gasteiger partial charge in [-0.3, -0.25) is 14.6 Å². The highest BCUT2D eigenvalue weighted by Crippen LogP contribution is 2.29. The van der Waals surface area contributed by atoms with Gasteiger partial charge < -0.3 is 9.84 Å². The van der Waals surface area contributed by atoms with Crippen LogP contribution in [0, 0.1) is 5.82 Å². The van der Waals surface area contributed by atoms with Gasteiger partial charge in [0.2, 0.25) is 0 Å². The van der Waals surface area contributed by atoms with Gasteiger partial charge in [-0.15, -0.1) is 0 Å². The number of aliphatic carboxylic acids is 1. The molecule has 138 valence electrons. The topological polar surface area (TPSA) is 87.2 Å². The van der Waals surface area contributed by atoms with Gasteiger partial charge in [-0.25, -0.2) is 12.8 Å². The highest BCUT2D eigenvalue weighted by Gasteiger charge is 2.46. The lowest BCUT2D eigenvalue weighted by atomic mass is 10.0. The van der Waals surface area contributed by atoms with Crippen molar-refractivity contribution in [3.8, 4) is 5.75 Å². The Hall–Kier alpha value is -1.71. The van der Waals surface area contributed by atoms with E-state index < -0.39 is 21.6 Å². The quantitative estimate of drug-likeness (QED) is 0.790. The van der Waals surface area contributed by atoms with Crippen molar-refractivity contribution >= 4 is 15.8 Å². The number of fused-ring (bicyclic) bond motifs is 1. The molecule has 1 aromatic carbocycles. The Morgan fingerprint density at radius 3 is 2.56 bits per heavy atom. The summed E-state index contributed by atoms with van der Waals surface area (Å²) in [6, 6.07) is 4.01. The molecule has 3 rings (SSSR count). The predicted molar refractivity (Wildman–Crippen MR) is 88.8 cm³/mol. The van der Waals surface area contributed by atoms with Gasteiger partial charge in [0, 0.05) is 31.7 Å². The van der Waals surface area contributed by atoms with Gasteiger partial charge in [0.25, 0.3) is 0 Å². The lowest BCUT2D eigenvalue weighted by Gasteiger charge is -2.43. The number of ether oxygens (including phenoxy) is 1. The molecule has 7 nitrogen and oxygen atoms in total. The second kappa shape index (κ2) is 6.89. The summed E-state index contributed by atoms with van der Waals surface area (Å²) in [5.41, 5.74) is 0.827. The maximum Gasteiger partial charge on any atom is 0.317 e. The third kappa shape index (κ3) is 3.94. The molecule has 2 atom stereocenters. The Bertz CT molecular complexity index is 770. The second-order valence-corrected chi connectivity index (χ2v) is 8.67. The summed E-state index contributed by atoms with van der Waals surface area (Å²) in [6.07, 6.45) is 0. The van der Waals surface area contributed by atoms with E-state index in [4.69, 9.17) is 9.84 Å². The first-order valence-corrected chi connectivity index (χ1v) is 9.84. The molecule has 0 unspecified atom stereocenters. The van der Waals surface area contributed by atoms with Crippen molar-refractivity contribution < 1.29 is 27.4 Å². The van der Waals surface area contributed by atoms with Gasteiger partial charge in [-0.2, -0.15) is 0 Å². The summed E-state index contributed by atoms with van der Waals surface area (Å²) >= 11 is 0. The Labute approximate surface area is 145 Å². The SMILES string of the molecule is COc1cc(CN2CCN(CC(=O)O)[C@@H]3CS(=O)(=O)C[C@@H]32)ccc1F. The van der Waals surface area contributed by atoms with Crippen molar-refractivity contribution in [2.75, 3.05) is 38.2 Å². The minimum atomic E-state index is -3.20. The van der Waals surface area contributed by atoms with Gasteiger partial charge in [-0.05, 0) is 17.7 Å². The molecule has 25 heavy (non-hydrogen) atoms. The van der Waals surface area contributed by atoms with Crippen molar-refractivity contribution in [2.45, 2.75) is 18.6 Å². The van der Waals surface area contributed by atoms with Crippen LogP contribution in [-0.2, 0) is 21.2 Å². The van der Waals surface area contributed by atoms with Gasteiger partial charge in [0.15, 0.2) is 21.4 Å². The third-order valence-electron chi connectivity index (χ3n) is 4.85. The number of carboxylic acid groups (broad SMARTS) is 1. The van der Waals surface area contributed by atoms with Crippen LogP contribution in [0.4, 0.5) is 4.39 Å². The van der Waals surface area contributed by atoms with Crippen LogP contribution in [0.5, 0.6) is 5.75 Å². The fourth-order valence-electron chi connectivity index (χ4n) is 3.70. The fourth-order valence-corrected chi connectivity index (χ4v) is 5.74. The molecule has 1 aromatic rings. The summed E-state index contributed by atoms with van der Waals surface area (Å²) in [7, 11) is -1.81. The van der Waals surface area contributed by atoms with Crippen LogP contribution in [0.2, 0.25) is 0 Å². The number of hydrogen-bond donors (Lipinski definition) is 1. The number of methoxy groups -OCH3 is 1. The standard InChI is InChI=1S/C16H21FN2O5S/c1-24-15-6-11(2-3-12(15)17)7-18-4-5-19(8-16(20)21)14-10-25(22,23)9-13(14)18/h2-3,6,13-14H,4-5,7-10H2,1H3,(H,20,21)/t13-,14+/m0/s1. The molecular weight excluding hydrogens is 351 g/mol. The number of hydrogen-bond acceptors (Lipinski definition) is 6. The van der Waals surface area contributed by atoms with E-state index in [-0.39, 0.29) is 35.9 Å². The zero-order valence-electron chi connectivity index (χ0n) is 13.9. The van der Waals surface area contributed by atoms with Crippen LogP contribution < -0.4 is 4.74 Å². The van der Waals surface area contributed by atoms with Crippen molar-refractivity contribution in [3.63, 3.8) is 0 Å². The molecule has 0 aliphatic carbocycles. The normalized spacial score (nSPS) is 26.3. The number of carboxylic acids is 1. The van der Waals surface area contributed by atoms with E-state index in [0.29, 0.717) is 19.6 Å². The van der Waals surface area contributed by atoms with E-state index in [2.05, 4.69) is 0 Å². The number of benzene rings is 1. The molecule has 0 saturated carbocycles. The van der Waals surface area contributed by atoms with Crippen molar-refractivity contribution in [1.29, 1.82) is 0 Å². The van der Waals surface area contributed by atoms with E-state index in [9.17, 15) is 17.6 Å². The zero-order valence-corrected chi connectivity index (χ0v) is 14.7. The van der Waals surface area contributed by atoms with E-state index in [0.717, 1.165) is 5.56 Å². The summed E-state index contributed by atoms with van der Waals surface area (Å²) in [5, 5.41) is 9.05. The van der Waals surface area contributed by atoms with E-state index in [1.807, 2.05) is 4.90 Å². The van der Waals surface area contributed by atoms with Crippen LogP contribution >= 0.6 is 0 Å². The van der Waals surface area contributed by atoms with Crippen LogP contribution in [0.15, 0.2) is 18.2 Å². The monoisotopic (exact) mass is 372 g/mol. The van der Waals surface area contributed by atoms with Crippen LogP contribution in [0.25, 0.3) is 0 Å². The number of halogens is 1. The van der Waals surface area contributed by atoms with Crippen LogP contribution in [-0.4, -0.2) is 79.6 Å². The molecule has 2 saturated heterocycles. The molecule has 2 aliphatic heterocycles. The zero-order chi connectivity index (χ0) is 18.2. The molecule has 0 amide bonds. The fraction of sp³-hybridized carbons (Fsp3) is 0.562. The van der Waals surface area contributed by atoms with Crippen LogP contribution in [0.1, 0.15) is 5.56 Å². The van der Waals surface area contributed by atoms with Gasteiger partial charge >= 0.3 is 5.97 Å². The minimum Gasteiger partial charge on any atom is -0.494 e. The number of sulfone groups is 1. The summed E-state index contributed by atoms with van der Waals surface area (Å²) in [5.74, 6) is -1.25. The largest absolute Gasteiger partial charge is 0.494 e. The molecule has 2 heterocycles. The predicted octanol–water partition coefficient (Wildman–Crippen LogP) is 0.202. The molecule has 0 spiro atoms. The van der Waals surface area contributed by atoms with Gasteiger partial charge in [-0.1, -0.05) is 6.07 Å². The number of rotatable bonds is 5. The smallest absolute Gasteiger partial charge is 0.317 e. The second-order valence-electron chi connectivity index (χ2n) is 6.52. The van der Waals surface area contributed by atoms with Gasteiger partial charge in [0.05, 0.1) is 25.2 Å². The average molecular weight is 372 g/mol. The molecule has 2 aliphatic rings. The van der Waals surface area contributed by atoms with Crippen molar-refractivity contribution in [2.24, 2.45) is 0 Å². The van der Waals surface area contributed by atoms with Gasteiger partial charge in [0.1, 0.15) is 0 Å². The van der Waals surface area contributed by atoms with E-state index in [1.54, 1.807) is 17.0 Å². The number of nitrogens with zero attached hydrogens (tertiary/aromatic N) is 2. The molecule has 9 heteroatoms. The third-order valence-corrected chi connectivity index (χ3v) is 6.54. The summed E-state index contributed by atoms with van der Waals surface area (Å²) in [6.45, 7) is 1.36. The number of carbonyl (C=O) groups is 1. The summed E-state index contributed by atoms with van der Waals surface area (Å²) < 4.78 is 42.8. The molecule has 2 fully saturated rings. The highest BCUT2D eigenvalue weighted by atomic mass is 32.2. The first-order valence-electron chi connectivity index (χ1n) is 8.02. The molecule has 0 bridgehead atoms. The maximum absolute atomic E-state index is 13.6. The average Bonchev–Trinajstić information content (AvgIpc) is 2.87. The molecule has 0 radical (unpaired) electrons. The summed E-state index contributed by atoms with van der Waals surface area (Å²) in [4.78, 5) is 14.8. The number of piperazine rings is 1. The minimum absolute atomic E-state index is 0.0197. The first-order chi connectivity index (χ1) is 11.8. The van der Waals surface area contributed by atoms with Crippen molar-refractivity contribution in [1.82, 2.24) is 9.80 Å². The molecule has 0 aromatic heterocycles. The lowest BCUT2D eigenvalue weighted by molar-refractivity contribution is -0.139. The lowest BCUT2D eigenvalue weighted by Crippen LogP contribution is -2.59. The highest BCUT2D eigenvalue weighted by molar-refractivity contribution is 7.91. The first kappa shape index (κ1) is 18.1. The molecule has 1 N–H and O–H groups in total. The Balaban J connectivity index is 1.80.